The lowest BCUT2D eigenvalue weighted by molar-refractivity contribution is 0.540. The molecule has 2 nitrogen and oxygen atoms in total. The van der Waals surface area contributed by atoms with Gasteiger partial charge < -0.3 is 11.1 Å². The van der Waals surface area contributed by atoms with Crippen LogP contribution in [-0.2, 0) is 0 Å². The lowest BCUT2D eigenvalue weighted by atomic mass is 10.0. The Labute approximate surface area is 92.9 Å². The lowest BCUT2D eigenvalue weighted by Gasteiger charge is -2.17. The zero-order chi connectivity index (χ0) is 11.4. The molecule has 2 heteroatoms. The number of nitrogen functional groups attached to an aromatic ring is 1. The highest BCUT2D eigenvalue weighted by Crippen LogP contribution is 2.18. The average Bonchev–Trinajstić information content (AvgIpc) is 1.98. The smallest absolute Gasteiger partial charge is 0.0365 e. The standard InChI is InChI=1S/C13H22N2/c1-9(2)5-11(4)15-13-7-10(3)6-12(14)8-13/h6-9,11,15H,5,14H2,1-4H3. The van der Waals surface area contributed by atoms with Gasteiger partial charge in [-0.3, -0.25) is 0 Å². The van der Waals surface area contributed by atoms with Crippen LogP contribution in [0, 0.1) is 12.8 Å². The fourth-order valence-corrected chi connectivity index (χ4v) is 1.95. The van der Waals surface area contributed by atoms with E-state index in [-0.39, 0.29) is 0 Å². The fourth-order valence-electron chi connectivity index (χ4n) is 1.95. The van der Waals surface area contributed by atoms with Crippen LogP contribution in [-0.4, -0.2) is 6.04 Å². The van der Waals surface area contributed by atoms with Gasteiger partial charge >= 0.3 is 0 Å². The van der Waals surface area contributed by atoms with Gasteiger partial charge in [0.25, 0.3) is 0 Å². The largest absolute Gasteiger partial charge is 0.399 e. The van der Waals surface area contributed by atoms with Gasteiger partial charge in [0.1, 0.15) is 0 Å². The van der Waals surface area contributed by atoms with E-state index in [9.17, 15) is 0 Å². The van der Waals surface area contributed by atoms with E-state index in [2.05, 4.69) is 39.1 Å². The highest BCUT2D eigenvalue weighted by Gasteiger charge is 2.05. The van der Waals surface area contributed by atoms with Crippen LogP contribution in [0.15, 0.2) is 18.2 Å². The second-order valence-electron chi connectivity index (χ2n) is 4.81. The molecule has 1 unspecified atom stereocenters. The van der Waals surface area contributed by atoms with Crippen molar-refractivity contribution in [2.45, 2.75) is 40.2 Å². The minimum atomic E-state index is 0.492. The second-order valence-corrected chi connectivity index (χ2v) is 4.81. The highest BCUT2D eigenvalue weighted by molar-refractivity contribution is 5.57. The minimum absolute atomic E-state index is 0.492. The predicted octanol–water partition coefficient (Wildman–Crippen LogP) is 3.42. The van der Waals surface area contributed by atoms with Crippen LogP contribution in [0.4, 0.5) is 11.4 Å². The summed E-state index contributed by atoms with van der Waals surface area (Å²) in [6.45, 7) is 8.75. The van der Waals surface area contributed by atoms with E-state index in [1.807, 2.05) is 12.1 Å². The van der Waals surface area contributed by atoms with Crippen LogP contribution in [0.25, 0.3) is 0 Å². The summed E-state index contributed by atoms with van der Waals surface area (Å²) in [4.78, 5) is 0. The number of nitrogens with one attached hydrogen (secondary N) is 1. The summed E-state index contributed by atoms with van der Waals surface area (Å²) in [7, 11) is 0. The fraction of sp³-hybridized carbons (Fsp3) is 0.538. The minimum Gasteiger partial charge on any atom is -0.399 e. The Hall–Kier alpha value is -1.18. The molecule has 0 amide bonds. The van der Waals surface area contributed by atoms with E-state index >= 15 is 0 Å². The van der Waals surface area contributed by atoms with E-state index in [0.717, 1.165) is 17.3 Å². The molecule has 0 spiro atoms. The van der Waals surface area contributed by atoms with Crippen molar-refractivity contribution in [3.63, 3.8) is 0 Å². The number of hydrogen-bond donors (Lipinski definition) is 2. The Balaban J connectivity index is 2.63. The molecule has 0 radical (unpaired) electrons. The number of nitrogens with two attached hydrogens (primary N) is 1. The number of rotatable bonds is 4. The van der Waals surface area contributed by atoms with Crippen molar-refractivity contribution in [1.29, 1.82) is 0 Å². The molecule has 0 fully saturated rings. The number of hydrogen-bond acceptors (Lipinski definition) is 2. The van der Waals surface area contributed by atoms with E-state index in [1.165, 1.54) is 12.0 Å². The summed E-state index contributed by atoms with van der Waals surface area (Å²) in [5.41, 5.74) is 8.95. The molecule has 0 bridgehead atoms. The van der Waals surface area contributed by atoms with Gasteiger partial charge in [0, 0.05) is 17.4 Å². The van der Waals surface area contributed by atoms with Crippen LogP contribution in [0.1, 0.15) is 32.8 Å². The van der Waals surface area contributed by atoms with Crippen molar-refractivity contribution in [1.82, 2.24) is 0 Å². The Morgan fingerprint density at radius 1 is 1.20 bits per heavy atom. The molecule has 1 aromatic rings. The van der Waals surface area contributed by atoms with E-state index in [0.29, 0.717) is 6.04 Å². The molecule has 0 aliphatic rings. The quantitative estimate of drug-likeness (QED) is 0.741. The maximum Gasteiger partial charge on any atom is 0.0365 e. The zero-order valence-corrected chi connectivity index (χ0v) is 10.2. The van der Waals surface area contributed by atoms with Crippen LogP contribution in [0.2, 0.25) is 0 Å². The van der Waals surface area contributed by atoms with Crippen LogP contribution in [0.3, 0.4) is 0 Å². The summed E-state index contributed by atoms with van der Waals surface area (Å²) >= 11 is 0. The van der Waals surface area contributed by atoms with E-state index in [1.54, 1.807) is 0 Å². The van der Waals surface area contributed by atoms with Crippen molar-refractivity contribution in [3.05, 3.63) is 23.8 Å². The van der Waals surface area contributed by atoms with Gasteiger partial charge in [-0.05, 0) is 49.9 Å². The molecular weight excluding hydrogens is 184 g/mol. The topological polar surface area (TPSA) is 38.0 Å². The molecule has 0 aliphatic carbocycles. The molecule has 1 atom stereocenters. The first-order valence-electron chi connectivity index (χ1n) is 5.61. The average molecular weight is 206 g/mol. The molecule has 84 valence electrons. The molecule has 0 heterocycles. The van der Waals surface area contributed by atoms with E-state index in [4.69, 9.17) is 5.73 Å². The van der Waals surface area contributed by atoms with Gasteiger partial charge in [-0.15, -0.1) is 0 Å². The van der Waals surface area contributed by atoms with Crippen LogP contribution < -0.4 is 11.1 Å². The molecule has 15 heavy (non-hydrogen) atoms. The van der Waals surface area contributed by atoms with Gasteiger partial charge in [0.2, 0.25) is 0 Å². The molecule has 3 N–H and O–H groups in total. The summed E-state index contributed by atoms with van der Waals surface area (Å²) in [5, 5.41) is 3.47. The monoisotopic (exact) mass is 206 g/mol. The zero-order valence-electron chi connectivity index (χ0n) is 10.2. The molecule has 0 saturated heterocycles. The lowest BCUT2D eigenvalue weighted by Crippen LogP contribution is -2.17. The maximum absolute atomic E-state index is 5.80. The normalized spacial score (nSPS) is 12.9. The summed E-state index contributed by atoms with van der Waals surface area (Å²) < 4.78 is 0. The van der Waals surface area contributed by atoms with Crippen LogP contribution in [0.5, 0.6) is 0 Å². The summed E-state index contributed by atoms with van der Waals surface area (Å²) in [6, 6.07) is 6.60. The van der Waals surface area contributed by atoms with Gasteiger partial charge in [-0.1, -0.05) is 13.8 Å². The SMILES string of the molecule is Cc1cc(N)cc(NC(C)CC(C)C)c1. The van der Waals surface area contributed by atoms with Crippen LogP contribution >= 0.6 is 0 Å². The second kappa shape index (κ2) is 5.06. The predicted molar refractivity (Wildman–Crippen MR) is 68.1 cm³/mol. The first-order valence-corrected chi connectivity index (χ1v) is 5.61. The number of benzene rings is 1. The van der Waals surface area contributed by atoms with Gasteiger partial charge in [-0.2, -0.15) is 0 Å². The van der Waals surface area contributed by atoms with Gasteiger partial charge in [-0.25, -0.2) is 0 Å². The number of aryl methyl sites for hydroxylation is 1. The Bertz CT molecular complexity index is 298. The van der Waals surface area contributed by atoms with Crippen molar-refractivity contribution in [2.75, 3.05) is 11.1 Å². The molecule has 0 aliphatic heterocycles. The van der Waals surface area contributed by atoms with Crippen molar-refractivity contribution in [2.24, 2.45) is 5.92 Å². The molecule has 0 saturated carbocycles. The highest BCUT2D eigenvalue weighted by atomic mass is 14.9. The Morgan fingerprint density at radius 2 is 1.87 bits per heavy atom. The maximum atomic E-state index is 5.80. The van der Waals surface area contributed by atoms with Gasteiger partial charge in [0.15, 0.2) is 0 Å². The van der Waals surface area contributed by atoms with E-state index < -0.39 is 0 Å². The molecule has 0 aromatic heterocycles. The molecule has 1 rings (SSSR count). The summed E-state index contributed by atoms with van der Waals surface area (Å²) in [6.07, 6.45) is 1.17. The first-order chi connectivity index (χ1) is 6.97. The van der Waals surface area contributed by atoms with Crippen molar-refractivity contribution < 1.29 is 0 Å². The Kier molecular flexibility index (Phi) is 4.01. The number of anilines is 2. The molecular formula is C13H22N2. The van der Waals surface area contributed by atoms with Crippen molar-refractivity contribution in [3.8, 4) is 0 Å². The third-order valence-corrected chi connectivity index (χ3v) is 2.34. The third-order valence-electron chi connectivity index (χ3n) is 2.34. The summed E-state index contributed by atoms with van der Waals surface area (Å²) in [5.74, 6) is 0.717. The third kappa shape index (κ3) is 4.24. The Morgan fingerprint density at radius 3 is 2.40 bits per heavy atom. The first kappa shape index (κ1) is 11.9. The van der Waals surface area contributed by atoms with Crippen molar-refractivity contribution >= 4 is 11.4 Å². The van der Waals surface area contributed by atoms with Gasteiger partial charge in [0.05, 0.1) is 0 Å². The molecule has 1 aromatic carbocycles.